The average Bonchev–Trinajstić information content (AvgIpc) is 2.33. The number of piperidine rings is 1. The van der Waals surface area contributed by atoms with Crippen LogP contribution in [0.4, 0.5) is 11.4 Å². The van der Waals surface area contributed by atoms with Crippen LogP contribution in [0.1, 0.15) is 12.8 Å². The molecule has 1 N–H and O–H groups in total. The van der Waals surface area contributed by atoms with E-state index < -0.39 is 0 Å². The molecule has 1 heterocycles. The third-order valence-electron chi connectivity index (χ3n) is 3.47. The minimum atomic E-state index is 0.636. The molecule has 2 rings (SSSR count). The van der Waals surface area contributed by atoms with Gasteiger partial charge in [-0.2, -0.15) is 0 Å². The summed E-state index contributed by atoms with van der Waals surface area (Å²) in [5.41, 5.74) is 2.49. The summed E-state index contributed by atoms with van der Waals surface area (Å²) >= 11 is 0. The molecule has 0 bridgehead atoms. The highest BCUT2D eigenvalue weighted by Crippen LogP contribution is 2.19. The predicted octanol–water partition coefficient (Wildman–Crippen LogP) is 2.26. The molecule has 3 heteroatoms. The molecule has 0 amide bonds. The van der Waals surface area contributed by atoms with E-state index in [0.717, 1.165) is 0 Å². The summed E-state index contributed by atoms with van der Waals surface area (Å²) in [5.74, 6) is 0. The molecule has 0 unspecified atom stereocenters. The van der Waals surface area contributed by atoms with Crippen molar-refractivity contribution < 1.29 is 0 Å². The normalized spacial score (nSPS) is 18.1. The number of anilines is 2. The maximum atomic E-state index is 3.62. The Labute approximate surface area is 104 Å². The third-order valence-corrected chi connectivity index (χ3v) is 3.47. The van der Waals surface area contributed by atoms with Crippen molar-refractivity contribution in [2.75, 3.05) is 44.4 Å². The molecule has 0 spiro atoms. The summed E-state index contributed by atoms with van der Waals surface area (Å²) in [6, 6.07) is 9.31. The lowest BCUT2D eigenvalue weighted by atomic mass is 10.1. The maximum absolute atomic E-state index is 3.62. The van der Waals surface area contributed by atoms with Crippen LogP contribution in [0.5, 0.6) is 0 Å². The number of benzene rings is 1. The lowest BCUT2D eigenvalue weighted by Crippen LogP contribution is -2.36. The Kier molecular flexibility index (Phi) is 3.89. The number of hydrogen-bond donors (Lipinski definition) is 1. The first-order valence-corrected chi connectivity index (χ1v) is 6.37. The monoisotopic (exact) mass is 233 g/mol. The van der Waals surface area contributed by atoms with E-state index in [0.29, 0.717) is 6.04 Å². The first kappa shape index (κ1) is 12.2. The quantitative estimate of drug-likeness (QED) is 0.864. The Balaban J connectivity index is 1.90. The van der Waals surface area contributed by atoms with Crippen molar-refractivity contribution in [3.05, 3.63) is 24.3 Å². The molecule has 17 heavy (non-hydrogen) atoms. The van der Waals surface area contributed by atoms with Crippen LogP contribution in [-0.2, 0) is 0 Å². The molecule has 1 aromatic carbocycles. The van der Waals surface area contributed by atoms with Crippen molar-refractivity contribution in [2.45, 2.75) is 18.9 Å². The van der Waals surface area contributed by atoms with Crippen LogP contribution >= 0.6 is 0 Å². The highest BCUT2D eigenvalue weighted by Gasteiger charge is 2.15. The summed E-state index contributed by atoms with van der Waals surface area (Å²) in [5, 5.41) is 3.62. The van der Waals surface area contributed by atoms with Gasteiger partial charge < -0.3 is 15.1 Å². The Bertz CT molecular complexity index is 337. The molecule has 1 saturated heterocycles. The van der Waals surface area contributed by atoms with Gasteiger partial charge in [0.25, 0.3) is 0 Å². The minimum absolute atomic E-state index is 0.636. The van der Waals surface area contributed by atoms with Gasteiger partial charge >= 0.3 is 0 Å². The van der Waals surface area contributed by atoms with Crippen LogP contribution in [0.3, 0.4) is 0 Å². The molecule has 1 fully saturated rings. The van der Waals surface area contributed by atoms with Crippen LogP contribution in [-0.4, -0.2) is 45.2 Å². The molecule has 1 aromatic rings. The first-order chi connectivity index (χ1) is 8.15. The molecule has 0 saturated carbocycles. The number of nitrogens with one attached hydrogen (secondary N) is 1. The number of nitrogens with zero attached hydrogens (tertiary/aromatic N) is 2. The summed E-state index contributed by atoms with van der Waals surface area (Å²) in [7, 11) is 6.33. The lowest BCUT2D eigenvalue weighted by molar-refractivity contribution is 0.264. The number of hydrogen-bond acceptors (Lipinski definition) is 3. The predicted molar refractivity (Wildman–Crippen MR) is 74.9 cm³/mol. The average molecular weight is 233 g/mol. The Morgan fingerprint density at radius 3 is 2.24 bits per heavy atom. The van der Waals surface area contributed by atoms with Crippen LogP contribution in [0.2, 0.25) is 0 Å². The van der Waals surface area contributed by atoms with E-state index in [1.165, 1.54) is 37.3 Å². The molecule has 0 aromatic heterocycles. The molecule has 0 radical (unpaired) electrons. The van der Waals surface area contributed by atoms with Crippen molar-refractivity contribution in [2.24, 2.45) is 0 Å². The van der Waals surface area contributed by atoms with Gasteiger partial charge in [0.2, 0.25) is 0 Å². The molecule has 1 aliphatic rings. The second-order valence-electron chi connectivity index (χ2n) is 5.16. The van der Waals surface area contributed by atoms with Gasteiger partial charge in [0.1, 0.15) is 0 Å². The molecule has 3 nitrogen and oxygen atoms in total. The molecule has 0 atom stereocenters. The van der Waals surface area contributed by atoms with Crippen LogP contribution in [0, 0.1) is 0 Å². The number of likely N-dealkylation sites (tertiary alicyclic amines) is 1. The van der Waals surface area contributed by atoms with E-state index in [-0.39, 0.29) is 0 Å². The maximum Gasteiger partial charge on any atom is 0.0362 e. The van der Waals surface area contributed by atoms with Gasteiger partial charge in [-0.3, -0.25) is 0 Å². The van der Waals surface area contributed by atoms with Crippen LogP contribution < -0.4 is 10.2 Å². The Morgan fingerprint density at radius 1 is 1.12 bits per heavy atom. The molecular weight excluding hydrogens is 210 g/mol. The largest absolute Gasteiger partial charge is 0.382 e. The van der Waals surface area contributed by atoms with Crippen molar-refractivity contribution >= 4 is 11.4 Å². The van der Waals surface area contributed by atoms with E-state index in [4.69, 9.17) is 0 Å². The molecule has 1 aliphatic heterocycles. The summed E-state index contributed by atoms with van der Waals surface area (Å²) in [6.07, 6.45) is 2.48. The standard InChI is InChI=1S/C14H23N3/c1-16(2)14-6-4-12(5-7-14)15-13-8-10-17(3)11-9-13/h4-7,13,15H,8-11H2,1-3H3. The molecule has 94 valence electrons. The number of rotatable bonds is 3. The van der Waals surface area contributed by atoms with E-state index in [1.54, 1.807) is 0 Å². The van der Waals surface area contributed by atoms with E-state index in [2.05, 4.69) is 60.5 Å². The second-order valence-corrected chi connectivity index (χ2v) is 5.16. The minimum Gasteiger partial charge on any atom is -0.382 e. The second kappa shape index (κ2) is 5.41. The Hall–Kier alpha value is -1.22. The van der Waals surface area contributed by atoms with Gasteiger partial charge in [-0.15, -0.1) is 0 Å². The fraction of sp³-hybridized carbons (Fsp3) is 0.571. The Morgan fingerprint density at radius 2 is 1.71 bits per heavy atom. The summed E-state index contributed by atoms with van der Waals surface area (Å²) in [6.45, 7) is 2.40. The highest BCUT2D eigenvalue weighted by molar-refractivity contribution is 5.54. The van der Waals surface area contributed by atoms with E-state index in [9.17, 15) is 0 Å². The fourth-order valence-electron chi connectivity index (χ4n) is 2.24. The van der Waals surface area contributed by atoms with Crippen molar-refractivity contribution in [1.82, 2.24) is 4.90 Å². The topological polar surface area (TPSA) is 18.5 Å². The first-order valence-electron chi connectivity index (χ1n) is 6.37. The molecular formula is C14H23N3. The lowest BCUT2D eigenvalue weighted by Gasteiger charge is -2.30. The van der Waals surface area contributed by atoms with Crippen molar-refractivity contribution in [3.8, 4) is 0 Å². The summed E-state index contributed by atoms with van der Waals surface area (Å²) in [4.78, 5) is 4.52. The third kappa shape index (κ3) is 3.37. The van der Waals surface area contributed by atoms with Gasteiger partial charge in [0.15, 0.2) is 0 Å². The highest BCUT2D eigenvalue weighted by atomic mass is 15.1. The summed E-state index contributed by atoms with van der Waals surface area (Å²) < 4.78 is 0. The SMILES string of the molecule is CN1CCC(Nc2ccc(N(C)C)cc2)CC1. The van der Waals surface area contributed by atoms with Crippen LogP contribution in [0.15, 0.2) is 24.3 Å². The van der Waals surface area contributed by atoms with Crippen LogP contribution in [0.25, 0.3) is 0 Å². The smallest absolute Gasteiger partial charge is 0.0362 e. The van der Waals surface area contributed by atoms with E-state index >= 15 is 0 Å². The van der Waals surface area contributed by atoms with E-state index in [1.807, 2.05) is 0 Å². The molecule has 0 aliphatic carbocycles. The van der Waals surface area contributed by atoms with Gasteiger partial charge in [-0.1, -0.05) is 0 Å². The van der Waals surface area contributed by atoms with Crippen molar-refractivity contribution in [3.63, 3.8) is 0 Å². The zero-order chi connectivity index (χ0) is 12.3. The van der Waals surface area contributed by atoms with Gasteiger partial charge in [0, 0.05) is 31.5 Å². The zero-order valence-corrected chi connectivity index (χ0v) is 11.1. The van der Waals surface area contributed by atoms with Gasteiger partial charge in [0.05, 0.1) is 0 Å². The van der Waals surface area contributed by atoms with Gasteiger partial charge in [-0.25, -0.2) is 0 Å². The fourth-order valence-corrected chi connectivity index (χ4v) is 2.24. The van der Waals surface area contributed by atoms with Gasteiger partial charge in [-0.05, 0) is 57.2 Å². The van der Waals surface area contributed by atoms with Crippen molar-refractivity contribution in [1.29, 1.82) is 0 Å². The zero-order valence-electron chi connectivity index (χ0n) is 11.1.